The second-order valence-corrected chi connectivity index (χ2v) is 8.18. The summed E-state index contributed by atoms with van der Waals surface area (Å²) in [6.45, 7) is 11.6. The molecule has 0 saturated carbocycles. The molecule has 0 spiro atoms. The Bertz CT molecular complexity index is 551. The highest BCUT2D eigenvalue weighted by Gasteiger charge is 2.35. The minimum absolute atomic E-state index is 0. The summed E-state index contributed by atoms with van der Waals surface area (Å²) < 4.78 is 6.07. The second kappa shape index (κ2) is 11.1. The Morgan fingerprint density at radius 2 is 1.88 bits per heavy atom. The van der Waals surface area contributed by atoms with Gasteiger partial charge in [-0.1, -0.05) is 50.6 Å². The van der Waals surface area contributed by atoms with Gasteiger partial charge in [-0.15, -0.1) is 24.0 Å². The number of rotatable bonds is 5. The zero-order valence-corrected chi connectivity index (χ0v) is 19.3. The molecule has 0 radical (unpaired) electrons. The van der Waals surface area contributed by atoms with Crippen LogP contribution in [0.2, 0.25) is 0 Å². The molecule has 1 aliphatic heterocycles. The molecule has 4 nitrogen and oxygen atoms in total. The number of aryl methyl sites for hydroxylation is 1. The molecule has 0 aliphatic carbocycles. The van der Waals surface area contributed by atoms with E-state index in [1.165, 1.54) is 17.5 Å². The summed E-state index contributed by atoms with van der Waals surface area (Å²) in [7, 11) is 1.83. The molecule has 0 amide bonds. The smallest absolute Gasteiger partial charge is 0.190 e. The van der Waals surface area contributed by atoms with Crippen LogP contribution in [0.15, 0.2) is 29.3 Å². The van der Waals surface area contributed by atoms with E-state index in [9.17, 15) is 0 Å². The van der Waals surface area contributed by atoms with Gasteiger partial charge >= 0.3 is 0 Å². The average Bonchev–Trinajstić information content (AvgIpc) is 2.59. The van der Waals surface area contributed by atoms with Gasteiger partial charge in [0.2, 0.25) is 0 Å². The summed E-state index contributed by atoms with van der Waals surface area (Å²) in [4.78, 5) is 4.36. The van der Waals surface area contributed by atoms with Gasteiger partial charge in [-0.05, 0) is 37.2 Å². The first-order valence-electron chi connectivity index (χ1n) is 9.52. The monoisotopic (exact) mass is 473 g/mol. The van der Waals surface area contributed by atoms with E-state index in [0.717, 1.165) is 38.5 Å². The molecule has 1 fully saturated rings. The van der Waals surface area contributed by atoms with E-state index in [1.807, 2.05) is 7.05 Å². The zero-order valence-electron chi connectivity index (χ0n) is 17.0. The van der Waals surface area contributed by atoms with E-state index in [2.05, 4.69) is 67.6 Å². The van der Waals surface area contributed by atoms with Gasteiger partial charge in [0.05, 0.1) is 6.10 Å². The van der Waals surface area contributed by atoms with Crippen LogP contribution >= 0.6 is 24.0 Å². The highest BCUT2D eigenvalue weighted by Crippen LogP contribution is 2.33. The number of nitrogens with one attached hydrogen (secondary N) is 2. The Morgan fingerprint density at radius 3 is 2.50 bits per heavy atom. The molecule has 1 aromatic rings. The third-order valence-electron chi connectivity index (χ3n) is 4.88. The molecule has 1 heterocycles. The molecule has 5 heteroatoms. The predicted molar refractivity (Wildman–Crippen MR) is 122 cm³/mol. The number of benzene rings is 1. The first-order valence-corrected chi connectivity index (χ1v) is 9.52. The van der Waals surface area contributed by atoms with Crippen LogP contribution in [0.4, 0.5) is 0 Å². The first-order chi connectivity index (χ1) is 11.9. The Hall–Kier alpha value is -0.820. The van der Waals surface area contributed by atoms with E-state index in [1.54, 1.807) is 0 Å². The Balaban J connectivity index is 0.00000338. The molecule has 2 unspecified atom stereocenters. The van der Waals surface area contributed by atoms with Gasteiger partial charge in [-0.2, -0.15) is 0 Å². The predicted octanol–water partition coefficient (Wildman–Crippen LogP) is 4.16. The summed E-state index contributed by atoms with van der Waals surface area (Å²) in [6, 6.07) is 8.72. The van der Waals surface area contributed by atoms with Crippen molar-refractivity contribution in [2.45, 2.75) is 53.1 Å². The number of guanidine groups is 1. The van der Waals surface area contributed by atoms with Gasteiger partial charge in [0.25, 0.3) is 0 Å². The van der Waals surface area contributed by atoms with Crippen LogP contribution in [0.3, 0.4) is 0 Å². The minimum Gasteiger partial charge on any atom is -0.377 e. The maximum atomic E-state index is 6.07. The number of ether oxygens (including phenoxy) is 1. The summed E-state index contributed by atoms with van der Waals surface area (Å²) in [6.07, 6.45) is 3.67. The number of nitrogens with zero attached hydrogens (tertiary/aromatic N) is 1. The van der Waals surface area contributed by atoms with Crippen molar-refractivity contribution < 1.29 is 4.74 Å². The van der Waals surface area contributed by atoms with Crippen LogP contribution in [-0.4, -0.2) is 38.8 Å². The average molecular weight is 473 g/mol. The Kier molecular flexibility index (Phi) is 9.93. The van der Waals surface area contributed by atoms with Crippen molar-refractivity contribution in [2.75, 3.05) is 26.7 Å². The van der Waals surface area contributed by atoms with Gasteiger partial charge < -0.3 is 15.4 Å². The largest absolute Gasteiger partial charge is 0.377 e. The number of aliphatic imine (C=N–C) groups is 1. The number of halogens is 1. The lowest BCUT2D eigenvalue weighted by Gasteiger charge is -2.40. The van der Waals surface area contributed by atoms with E-state index in [-0.39, 0.29) is 29.4 Å². The van der Waals surface area contributed by atoms with Gasteiger partial charge in [0, 0.05) is 32.7 Å². The van der Waals surface area contributed by atoms with Crippen molar-refractivity contribution in [1.29, 1.82) is 0 Å². The highest BCUT2D eigenvalue weighted by molar-refractivity contribution is 14.0. The fraction of sp³-hybridized carbons (Fsp3) is 0.667. The molecule has 148 valence electrons. The van der Waals surface area contributed by atoms with Crippen molar-refractivity contribution in [1.82, 2.24) is 10.6 Å². The SMILES string of the molecule is CN=C(NCCc1ccc(C)cc1)NCC1CCCOC1C(C)(C)C.I. The third kappa shape index (κ3) is 7.43. The van der Waals surface area contributed by atoms with Crippen LogP contribution in [0.1, 0.15) is 44.7 Å². The Labute approximate surface area is 176 Å². The van der Waals surface area contributed by atoms with Crippen molar-refractivity contribution in [3.05, 3.63) is 35.4 Å². The maximum Gasteiger partial charge on any atom is 0.190 e. The molecule has 0 bridgehead atoms. The molecule has 1 saturated heterocycles. The standard InChI is InChI=1S/C21H35N3O.HI/c1-16-8-10-17(11-9-16)12-13-23-20(22-5)24-15-18-7-6-14-25-19(18)21(2,3)4;/h8-11,18-19H,6-7,12-15H2,1-5H3,(H2,22,23,24);1H. The normalized spacial score (nSPS) is 21.0. The lowest BCUT2D eigenvalue weighted by molar-refractivity contribution is -0.0835. The molecular weight excluding hydrogens is 437 g/mol. The second-order valence-electron chi connectivity index (χ2n) is 8.18. The number of hydrogen-bond acceptors (Lipinski definition) is 2. The lowest BCUT2D eigenvalue weighted by Crippen LogP contribution is -2.47. The fourth-order valence-electron chi connectivity index (χ4n) is 3.54. The van der Waals surface area contributed by atoms with Crippen molar-refractivity contribution in [2.24, 2.45) is 16.3 Å². The summed E-state index contributed by atoms with van der Waals surface area (Å²) in [5.41, 5.74) is 2.83. The Morgan fingerprint density at radius 1 is 1.19 bits per heavy atom. The van der Waals surface area contributed by atoms with Gasteiger partial charge in [-0.25, -0.2) is 0 Å². The maximum absolute atomic E-state index is 6.07. The van der Waals surface area contributed by atoms with Crippen LogP contribution in [-0.2, 0) is 11.2 Å². The summed E-state index contributed by atoms with van der Waals surface area (Å²) >= 11 is 0. The van der Waals surface area contributed by atoms with Crippen molar-refractivity contribution >= 4 is 29.9 Å². The fourth-order valence-corrected chi connectivity index (χ4v) is 3.54. The highest BCUT2D eigenvalue weighted by atomic mass is 127. The molecule has 1 aliphatic rings. The van der Waals surface area contributed by atoms with Gasteiger partial charge in [0.15, 0.2) is 5.96 Å². The van der Waals surface area contributed by atoms with Crippen LogP contribution < -0.4 is 10.6 Å². The molecule has 1 aromatic carbocycles. The molecule has 26 heavy (non-hydrogen) atoms. The first kappa shape index (κ1) is 23.2. The lowest BCUT2D eigenvalue weighted by atomic mass is 9.78. The van der Waals surface area contributed by atoms with E-state index in [0.29, 0.717) is 12.0 Å². The molecule has 0 aromatic heterocycles. The van der Waals surface area contributed by atoms with Crippen LogP contribution in [0.5, 0.6) is 0 Å². The zero-order chi connectivity index (χ0) is 18.3. The third-order valence-corrected chi connectivity index (χ3v) is 4.88. The van der Waals surface area contributed by atoms with Crippen molar-refractivity contribution in [3.63, 3.8) is 0 Å². The molecule has 2 rings (SSSR count). The van der Waals surface area contributed by atoms with E-state index >= 15 is 0 Å². The van der Waals surface area contributed by atoms with Gasteiger partial charge in [0.1, 0.15) is 0 Å². The summed E-state index contributed by atoms with van der Waals surface area (Å²) in [5.74, 6) is 1.41. The van der Waals surface area contributed by atoms with Gasteiger partial charge in [-0.3, -0.25) is 4.99 Å². The van der Waals surface area contributed by atoms with Crippen LogP contribution in [0, 0.1) is 18.3 Å². The topological polar surface area (TPSA) is 45.7 Å². The van der Waals surface area contributed by atoms with Crippen LogP contribution in [0.25, 0.3) is 0 Å². The van der Waals surface area contributed by atoms with Crippen molar-refractivity contribution in [3.8, 4) is 0 Å². The summed E-state index contributed by atoms with van der Waals surface area (Å²) in [5, 5.41) is 6.92. The van der Waals surface area contributed by atoms with E-state index in [4.69, 9.17) is 4.74 Å². The quantitative estimate of drug-likeness (QED) is 0.384. The van der Waals surface area contributed by atoms with E-state index < -0.39 is 0 Å². The number of hydrogen-bond donors (Lipinski definition) is 2. The molecule has 2 N–H and O–H groups in total. The molecular formula is C21H36IN3O. The minimum atomic E-state index is 0. The molecule has 2 atom stereocenters.